The van der Waals surface area contributed by atoms with E-state index < -0.39 is 22.5 Å². The number of sulfonamides is 1. The molecule has 0 saturated carbocycles. The number of aryl methyl sites for hydroxylation is 1. The van der Waals surface area contributed by atoms with Gasteiger partial charge >= 0.3 is 0 Å². The Bertz CT molecular complexity index is 1310. The zero-order chi connectivity index (χ0) is 23.4. The lowest BCUT2D eigenvalue weighted by atomic mass is 10.2. The number of hydrogen-bond acceptors (Lipinski definition) is 6. The quantitative estimate of drug-likeness (QED) is 0.370. The van der Waals surface area contributed by atoms with Crippen molar-refractivity contribution >= 4 is 43.8 Å². The molecule has 170 valence electrons. The van der Waals surface area contributed by atoms with Gasteiger partial charge in [0.15, 0.2) is 11.5 Å². The van der Waals surface area contributed by atoms with Crippen LogP contribution in [0.3, 0.4) is 0 Å². The van der Waals surface area contributed by atoms with Gasteiger partial charge in [0.25, 0.3) is 15.9 Å². The van der Waals surface area contributed by atoms with E-state index in [-0.39, 0.29) is 11.7 Å². The van der Waals surface area contributed by atoms with Crippen molar-refractivity contribution in [3.05, 3.63) is 82.3 Å². The van der Waals surface area contributed by atoms with Gasteiger partial charge in [-0.1, -0.05) is 39.7 Å². The third-order valence-corrected chi connectivity index (χ3v) is 7.07. The first-order valence-electron chi connectivity index (χ1n) is 9.89. The molecule has 0 aliphatic carbocycles. The maximum absolute atomic E-state index is 13.4. The Balaban J connectivity index is 1.53. The summed E-state index contributed by atoms with van der Waals surface area (Å²) in [6.07, 6.45) is 1.44. The highest BCUT2D eigenvalue weighted by molar-refractivity contribution is 9.10. The molecule has 4 rings (SSSR count). The van der Waals surface area contributed by atoms with Gasteiger partial charge in [0.05, 0.1) is 16.8 Å². The van der Waals surface area contributed by atoms with Gasteiger partial charge in [-0.25, -0.2) is 13.8 Å². The van der Waals surface area contributed by atoms with Crippen LogP contribution in [-0.2, 0) is 14.8 Å². The van der Waals surface area contributed by atoms with Gasteiger partial charge in [-0.3, -0.25) is 9.10 Å². The second-order valence-corrected chi connectivity index (χ2v) is 9.99. The molecule has 0 spiro atoms. The van der Waals surface area contributed by atoms with Gasteiger partial charge in [-0.2, -0.15) is 5.10 Å². The number of halogens is 1. The Labute approximate surface area is 200 Å². The number of carbonyl (C=O) groups is 1. The third kappa shape index (κ3) is 5.35. The topological polar surface area (TPSA) is 97.3 Å². The standard InChI is InChI=1S/C23H20BrN3O5S/c1-16-5-8-20(9-6-16)33(29,30)27(19-4-2-3-18(24)12-19)14-23(28)26-25-13-17-7-10-21-22(11-17)32-15-31-21/h2-13H,14-15H2,1H3,(H,26,28)/b25-13-. The molecular formula is C23H20BrN3O5S. The Morgan fingerprint density at radius 3 is 2.61 bits per heavy atom. The van der Waals surface area contributed by atoms with Crippen molar-refractivity contribution in [3.8, 4) is 11.5 Å². The molecular weight excluding hydrogens is 510 g/mol. The van der Waals surface area contributed by atoms with Crippen LogP contribution in [0, 0.1) is 6.92 Å². The predicted molar refractivity (Wildman–Crippen MR) is 128 cm³/mol. The summed E-state index contributed by atoms with van der Waals surface area (Å²) >= 11 is 3.35. The number of anilines is 1. The number of hydrazone groups is 1. The lowest BCUT2D eigenvalue weighted by Gasteiger charge is -2.24. The molecule has 0 atom stereocenters. The molecule has 0 radical (unpaired) electrons. The van der Waals surface area contributed by atoms with Crippen molar-refractivity contribution in [3.63, 3.8) is 0 Å². The normalized spacial score (nSPS) is 12.7. The molecule has 0 bridgehead atoms. The van der Waals surface area contributed by atoms with Crippen molar-refractivity contribution in [2.24, 2.45) is 5.10 Å². The minimum Gasteiger partial charge on any atom is -0.454 e. The Morgan fingerprint density at radius 2 is 1.85 bits per heavy atom. The first kappa shape index (κ1) is 22.8. The van der Waals surface area contributed by atoms with Crippen molar-refractivity contribution in [1.29, 1.82) is 0 Å². The van der Waals surface area contributed by atoms with E-state index >= 15 is 0 Å². The number of nitrogens with one attached hydrogen (secondary N) is 1. The zero-order valence-electron chi connectivity index (χ0n) is 17.6. The van der Waals surface area contributed by atoms with Crippen LogP contribution in [0.2, 0.25) is 0 Å². The van der Waals surface area contributed by atoms with Crippen molar-refractivity contribution in [1.82, 2.24) is 5.43 Å². The summed E-state index contributed by atoms with van der Waals surface area (Å²) in [6.45, 7) is 1.58. The molecule has 10 heteroatoms. The summed E-state index contributed by atoms with van der Waals surface area (Å²) in [6, 6.07) is 18.4. The monoisotopic (exact) mass is 529 g/mol. The fourth-order valence-corrected chi connectivity index (χ4v) is 4.92. The molecule has 8 nitrogen and oxygen atoms in total. The Hall–Kier alpha value is -3.37. The lowest BCUT2D eigenvalue weighted by Crippen LogP contribution is -2.39. The number of carbonyl (C=O) groups excluding carboxylic acids is 1. The molecule has 0 saturated heterocycles. The highest BCUT2D eigenvalue weighted by Crippen LogP contribution is 2.32. The van der Waals surface area contributed by atoms with Crippen LogP contribution in [0.15, 0.2) is 81.2 Å². The SMILES string of the molecule is Cc1ccc(S(=O)(=O)N(CC(=O)N/N=C\c2ccc3c(c2)OCO3)c2cccc(Br)c2)cc1. The maximum Gasteiger partial charge on any atom is 0.264 e. The van der Waals surface area contributed by atoms with Gasteiger partial charge in [-0.15, -0.1) is 0 Å². The van der Waals surface area contributed by atoms with E-state index in [2.05, 4.69) is 26.5 Å². The van der Waals surface area contributed by atoms with Crippen molar-refractivity contribution in [2.75, 3.05) is 17.6 Å². The van der Waals surface area contributed by atoms with E-state index in [1.807, 2.05) is 6.92 Å². The number of ether oxygens (including phenoxy) is 2. The molecule has 0 unspecified atom stereocenters. The van der Waals surface area contributed by atoms with Gasteiger partial charge in [0.2, 0.25) is 6.79 Å². The zero-order valence-corrected chi connectivity index (χ0v) is 20.0. The highest BCUT2D eigenvalue weighted by Gasteiger charge is 2.27. The van der Waals surface area contributed by atoms with E-state index in [1.165, 1.54) is 18.3 Å². The molecule has 1 aliphatic heterocycles. The maximum atomic E-state index is 13.4. The summed E-state index contributed by atoms with van der Waals surface area (Å²) in [5.41, 5.74) is 4.35. The van der Waals surface area contributed by atoms with Crippen LogP contribution < -0.4 is 19.2 Å². The van der Waals surface area contributed by atoms with E-state index in [9.17, 15) is 13.2 Å². The molecule has 1 aliphatic rings. The van der Waals surface area contributed by atoms with Crippen molar-refractivity contribution < 1.29 is 22.7 Å². The molecule has 0 fully saturated rings. The predicted octanol–water partition coefficient (Wildman–Crippen LogP) is 3.83. The first-order chi connectivity index (χ1) is 15.8. The van der Waals surface area contributed by atoms with E-state index in [0.29, 0.717) is 27.2 Å². The average molecular weight is 530 g/mol. The molecule has 3 aromatic rings. The third-order valence-electron chi connectivity index (χ3n) is 4.79. The van der Waals surface area contributed by atoms with E-state index in [1.54, 1.807) is 54.6 Å². The van der Waals surface area contributed by atoms with Crippen LogP contribution in [0.4, 0.5) is 5.69 Å². The number of fused-ring (bicyclic) bond motifs is 1. The summed E-state index contributed by atoms with van der Waals surface area (Å²) in [5.74, 6) is 0.639. The van der Waals surface area contributed by atoms with Crippen LogP contribution in [0.25, 0.3) is 0 Å². The summed E-state index contributed by atoms with van der Waals surface area (Å²) in [4.78, 5) is 12.7. The van der Waals surface area contributed by atoms with Gasteiger partial charge < -0.3 is 9.47 Å². The molecule has 3 aromatic carbocycles. The smallest absolute Gasteiger partial charge is 0.264 e. The summed E-state index contributed by atoms with van der Waals surface area (Å²) in [5, 5.41) is 3.95. The number of hydrogen-bond donors (Lipinski definition) is 1. The second kappa shape index (κ2) is 9.63. The summed E-state index contributed by atoms with van der Waals surface area (Å²) < 4.78 is 39.0. The van der Waals surface area contributed by atoms with Crippen LogP contribution in [-0.4, -0.2) is 33.9 Å². The van der Waals surface area contributed by atoms with Gasteiger partial charge in [0.1, 0.15) is 6.54 Å². The molecule has 1 heterocycles. The van der Waals surface area contributed by atoms with Crippen molar-refractivity contribution in [2.45, 2.75) is 11.8 Å². The number of nitrogens with zero attached hydrogens (tertiary/aromatic N) is 2. The molecule has 1 amide bonds. The van der Waals surface area contributed by atoms with E-state index in [4.69, 9.17) is 9.47 Å². The summed E-state index contributed by atoms with van der Waals surface area (Å²) in [7, 11) is -4.00. The lowest BCUT2D eigenvalue weighted by molar-refractivity contribution is -0.119. The molecule has 0 aromatic heterocycles. The van der Waals surface area contributed by atoms with Gasteiger partial charge in [0, 0.05) is 4.47 Å². The van der Waals surface area contributed by atoms with Crippen LogP contribution >= 0.6 is 15.9 Å². The van der Waals surface area contributed by atoms with E-state index in [0.717, 1.165) is 9.87 Å². The molecule has 1 N–H and O–H groups in total. The molecule has 33 heavy (non-hydrogen) atoms. The van der Waals surface area contributed by atoms with Crippen LogP contribution in [0.5, 0.6) is 11.5 Å². The fourth-order valence-electron chi connectivity index (χ4n) is 3.12. The minimum atomic E-state index is -4.00. The minimum absolute atomic E-state index is 0.0877. The second-order valence-electron chi connectivity index (χ2n) is 7.21. The Morgan fingerprint density at radius 1 is 1.09 bits per heavy atom. The number of benzene rings is 3. The highest BCUT2D eigenvalue weighted by atomic mass is 79.9. The largest absolute Gasteiger partial charge is 0.454 e. The van der Waals surface area contributed by atoms with Gasteiger partial charge in [-0.05, 0) is 61.0 Å². The average Bonchev–Trinajstić information content (AvgIpc) is 3.25. The van der Waals surface area contributed by atoms with Crippen LogP contribution in [0.1, 0.15) is 11.1 Å². The number of rotatable bonds is 7. The number of amides is 1. The first-order valence-corrected chi connectivity index (χ1v) is 12.1. The fraction of sp³-hybridized carbons (Fsp3) is 0.130. The Kier molecular flexibility index (Phi) is 6.66.